The topological polar surface area (TPSA) is 52.6 Å². The molecule has 0 radical (unpaired) electrons. The number of carbonyl (C=O) groups is 1. The molecule has 0 spiro atoms. The molecular formula is C12H16N2O2. The standard InChI is InChI=1S/C12H16N2O2/c1-8-4-5-10-9(6-8)13-12(2,3)14(10)7-11(15)16/h4-6,13H,7H2,1-3H3,(H,15,16). The zero-order chi connectivity index (χ0) is 11.9. The van der Waals surface area contributed by atoms with Crippen molar-refractivity contribution in [1.29, 1.82) is 0 Å². The van der Waals surface area contributed by atoms with E-state index in [0.29, 0.717) is 0 Å². The van der Waals surface area contributed by atoms with E-state index in [0.717, 1.165) is 11.4 Å². The molecule has 0 atom stereocenters. The van der Waals surface area contributed by atoms with E-state index in [9.17, 15) is 4.79 Å². The van der Waals surface area contributed by atoms with E-state index in [1.807, 2.05) is 43.9 Å². The smallest absolute Gasteiger partial charge is 0.323 e. The number of carboxylic acid groups (broad SMARTS) is 1. The Morgan fingerprint density at radius 1 is 1.50 bits per heavy atom. The van der Waals surface area contributed by atoms with Crippen molar-refractivity contribution >= 4 is 17.3 Å². The fourth-order valence-corrected chi connectivity index (χ4v) is 2.10. The largest absolute Gasteiger partial charge is 0.480 e. The highest BCUT2D eigenvalue weighted by Crippen LogP contribution is 2.39. The van der Waals surface area contributed by atoms with Gasteiger partial charge in [-0.05, 0) is 38.5 Å². The molecule has 1 aromatic carbocycles. The average Bonchev–Trinajstić information content (AvgIpc) is 2.36. The van der Waals surface area contributed by atoms with Crippen molar-refractivity contribution in [3.63, 3.8) is 0 Å². The van der Waals surface area contributed by atoms with Crippen LogP contribution in [0, 0.1) is 6.92 Å². The summed E-state index contributed by atoms with van der Waals surface area (Å²) in [5, 5.41) is 12.2. The van der Waals surface area contributed by atoms with E-state index < -0.39 is 5.97 Å². The highest BCUT2D eigenvalue weighted by molar-refractivity contribution is 5.83. The van der Waals surface area contributed by atoms with Crippen molar-refractivity contribution in [3.8, 4) is 0 Å². The van der Waals surface area contributed by atoms with Gasteiger partial charge in [-0.25, -0.2) is 0 Å². The fourth-order valence-electron chi connectivity index (χ4n) is 2.10. The highest BCUT2D eigenvalue weighted by Gasteiger charge is 2.36. The molecule has 2 N–H and O–H groups in total. The Balaban J connectivity index is 2.41. The second-order valence-electron chi connectivity index (χ2n) is 4.68. The van der Waals surface area contributed by atoms with E-state index in [-0.39, 0.29) is 12.2 Å². The number of aryl methyl sites for hydroxylation is 1. The monoisotopic (exact) mass is 220 g/mol. The van der Waals surface area contributed by atoms with Gasteiger partial charge in [0.15, 0.2) is 0 Å². The van der Waals surface area contributed by atoms with Crippen LogP contribution in [0.3, 0.4) is 0 Å². The fraction of sp³-hybridized carbons (Fsp3) is 0.417. The molecule has 4 nitrogen and oxygen atoms in total. The summed E-state index contributed by atoms with van der Waals surface area (Å²) < 4.78 is 0. The molecule has 16 heavy (non-hydrogen) atoms. The maximum absolute atomic E-state index is 10.9. The number of fused-ring (bicyclic) bond motifs is 1. The Bertz CT molecular complexity index is 441. The molecule has 1 heterocycles. The molecule has 2 rings (SSSR count). The Hall–Kier alpha value is -1.71. The zero-order valence-corrected chi connectivity index (χ0v) is 9.74. The lowest BCUT2D eigenvalue weighted by molar-refractivity contribution is -0.135. The predicted octanol–water partition coefficient (Wildman–Crippen LogP) is 2.05. The van der Waals surface area contributed by atoms with Gasteiger partial charge in [0.05, 0.1) is 11.4 Å². The Morgan fingerprint density at radius 3 is 2.81 bits per heavy atom. The van der Waals surface area contributed by atoms with Gasteiger partial charge >= 0.3 is 5.97 Å². The minimum absolute atomic E-state index is 0.00998. The molecule has 0 aromatic heterocycles. The number of rotatable bonds is 2. The van der Waals surface area contributed by atoms with Crippen LogP contribution in [0.1, 0.15) is 19.4 Å². The number of hydrogen-bond donors (Lipinski definition) is 2. The van der Waals surface area contributed by atoms with Crippen LogP contribution >= 0.6 is 0 Å². The summed E-state index contributed by atoms with van der Waals surface area (Å²) in [5.41, 5.74) is 2.78. The number of hydrogen-bond acceptors (Lipinski definition) is 3. The molecular weight excluding hydrogens is 204 g/mol. The summed E-state index contributed by atoms with van der Waals surface area (Å²) in [7, 11) is 0. The molecule has 1 aliphatic heterocycles. The summed E-state index contributed by atoms with van der Waals surface area (Å²) in [4.78, 5) is 12.7. The molecule has 86 valence electrons. The third kappa shape index (κ3) is 1.71. The lowest BCUT2D eigenvalue weighted by atomic mass is 10.2. The molecule has 0 fully saturated rings. The van der Waals surface area contributed by atoms with Gasteiger partial charge in [-0.15, -0.1) is 0 Å². The normalized spacial score (nSPS) is 16.8. The third-order valence-corrected chi connectivity index (χ3v) is 2.85. The van der Waals surface area contributed by atoms with E-state index >= 15 is 0 Å². The van der Waals surface area contributed by atoms with Crippen LogP contribution in [-0.2, 0) is 4.79 Å². The van der Waals surface area contributed by atoms with Crippen LogP contribution < -0.4 is 10.2 Å². The summed E-state index contributed by atoms with van der Waals surface area (Å²) in [6, 6.07) is 6.01. The van der Waals surface area contributed by atoms with Gasteiger partial charge < -0.3 is 15.3 Å². The number of benzene rings is 1. The van der Waals surface area contributed by atoms with E-state index in [4.69, 9.17) is 5.11 Å². The first kappa shape index (κ1) is 10.8. The maximum Gasteiger partial charge on any atom is 0.323 e. The van der Waals surface area contributed by atoms with E-state index in [1.54, 1.807) is 0 Å². The first-order valence-corrected chi connectivity index (χ1v) is 5.28. The molecule has 0 unspecified atom stereocenters. The molecule has 0 saturated carbocycles. The van der Waals surface area contributed by atoms with Gasteiger partial charge in [-0.3, -0.25) is 4.79 Å². The van der Waals surface area contributed by atoms with Crippen molar-refractivity contribution in [2.24, 2.45) is 0 Å². The molecule has 0 saturated heterocycles. The van der Waals surface area contributed by atoms with Gasteiger partial charge in [0.25, 0.3) is 0 Å². The quantitative estimate of drug-likeness (QED) is 0.801. The number of aliphatic carboxylic acids is 1. The number of anilines is 2. The molecule has 0 bridgehead atoms. The Labute approximate surface area is 94.9 Å². The molecule has 0 aliphatic carbocycles. The third-order valence-electron chi connectivity index (χ3n) is 2.85. The van der Waals surface area contributed by atoms with Crippen molar-refractivity contribution < 1.29 is 9.90 Å². The van der Waals surface area contributed by atoms with Crippen molar-refractivity contribution in [2.75, 3.05) is 16.8 Å². The number of carboxylic acids is 1. The summed E-state index contributed by atoms with van der Waals surface area (Å²) in [6.45, 7) is 5.99. The summed E-state index contributed by atoms with van der Waals surface area (Å²) >= 11 is 0. The van der Waals surface area contributed by atoms with Gasteiger partial charge in [0, 0.05) is 0 Å². The van der Waals surface area contributed by atoms with Gasteiger partial charge in [0.1, 0.15) is 12.2 Å². The van der Waals surface area contributed by atoms with Crippen LogP contribution in [0.2, 0.25) is 0 Å². The second kappa shape index (κ2) is 3.40. The zero-order valence-electron chi connectivity index (χ0n) is 9.74. The van der Waals surface area contributed by atoms with E-state index in [2.05, 4.69) is 5.32 Å². The van der Waals surface area contributed by atoms with Gasteiger partial charge in [-0.2, -0.15) is 0 Å². The predicted molar refractivity (Wildman–Crippen MR) is 63.9 cm³/mol. The van der Waals surface area contributed by atoms with Gasteiger partial charge in [-0.1, -0.05) is 6.07 Å². The Morgan fingerprint density at radius 2 is 2.19 bits per heavy atom. The first-order valence-electron chi connectivity index (χ1n) is 5.28. The van der Waals surface area contributed by atoms with Crippen LogP contribution in [0.5, 0.6) is 0 Å². The van der Waals surface area contributed by atoms with Crippen molar-refractivity contribution in [2.45, 2.75) is 26.4 Å². The summed E-state index contributed by atoms with van der Waals surface area (Å²) in [5.74, 6) is -0.816. The Kier molecular flexibility index (Phi) is 2.30. The van der Waals surface area contributed by atoms with Crippen molar-refractivity contribution in [3.05, 3.63) is 23.8 Å². The SMILES string of the molecule is Cc1ccc2c(c1)NC(C)(C)N2CC(=O)O. The van der Waals surface area contributed by atoms with E-state index in [1.165, 1.54) is 5.56 Å². The molecule has 4 heteroatoms. The number of nitrogens with zero attached hydrogens (tertiary/aromatic N) is 1. The van der Waals surface area contributed by atoms with Crippen LogP contribution in [0.4, 0.5) is 11.4 Å². The number of nitrogens with one attached hydrogen (secondary N) is 1. The molecule has 1 aromatic rings. The highest BCUT2D eigenvalue weighted by atomic mass is 16.4. The maximum atomic E-state index is 10.9. The lowest BCUT2D eigenvalue weighted by Crippen LogP contribution is -2.47. The van der Waals surface area contributed by atoms with Crippen LogP contribution in [-0.4, -0.2) is 23.3 Å². The minimum Gasteiger partial charge on any atom is -0.480 e. The molecule has 1 aliphatic rings. The van der Waals surface area contributed by atoms with Crippen LogP contribution in [0.25, 0.3) is 0 Å². The second-order valence-corrected chi connectivity index (χ2v) is 4.68. The lowest BCUT2D eigenvalue weighted by Gasteiger charge is -2.32. The minimum atomic E-state index is -0.816. The van der Waals surface area contributed by atoms with Crippen LogP contribution in [0.15, 0.2) is 18.2 Å². The average molecular weight is 220 g/mol. The molecule has 0 amide bonds. The van der Waals surface area contributed by atoms with Gasteiger partial charge in [0.2, 0.25) is 0 Å². The first-order chi connectivity index (χ1) is 7.40. The summed E-state index contributed by atoms with van der Waals surface area (Å²) in [6.07, 6.45) is 0. The van der Waals surface area contributed by atoms with Crippen molar-refractivity contribution in [1.82, 2.24) is 0 Å².